The standard InChI is InChI=1S/C10H9ClN4O/c11-9-8(2-1-3-13-9)10(16)14-5-7-4-12-6-15-7/h1-4,6H,5H2,(H,12,15)(H,14,16). The molecule has 0 unspecified atom stereocenters. The molecule has 0 radical (unpaired) electrons. The van der Waals surface area contributed by atoms with Crippen LogP contribution in [0.2, 0.25) is 5.15 Å². The number of nitrogens with one attached hydrogen (secondary N) is 2. The lowest BCUT2D eigenvalue weighted by molar-refractivity contribution is 0.0950. The van der Waals surface area contributed by atoms with Crippen molar-refractivity contribution in [3.8, 4) is 0 Å². The van der Waals surface area contributed by atoms with E-state index in [-0.39, 0.29) is 11.1 Å². The third-order valence-electron chi connectivity index (χ3n) is 2.00. The van der Waals surface area contributed by atoms with Gasteiger partial charge in [0.2, 0.25) is 0 Å². The number of pyridine rings is 1. The molecule has 2 heterocycles. The van der Waals surface area contributed by atoms with E-state index in [2.05, 4.69) is 20.3 Å². The molecule has 0 aliphatic rings. The largest absolute Gasteiger partial charge is 0.347 e. The van der Waals surface area contributed by atoms with Gasteiger partial charge in [0.1, 0.15) is 5.15 Å². The third-order valence-corrected chi connectivity index (χ3v) is 2.30. The number of aromatic nitrogens is 3. The summed E-state index contributed by atoms with van der Waals surface area (Å²) in [6.07, 6.45) is 4.73. The number of imidazole rings is 1. The zero-order chi connectivity index (χ0) is 11.4. The van der Waals surface area contributed by atoms with E-state index in [1.165, 1.54) is 6.20 Å². The van der Waals surface area contributed by atoms with Crippen molar-refractivity contribution in [2.45, 2.75) is 6.54 Å². The first-order chi connectivity index (χ1) is 7.77. The van der Waals surface area contributed by atoms with E-state index >= 15 is 0 Å². The summed E-state index contributed by atoms with van der Waals surface area (Å²) in [5, 5.41) is 2.91. The Kier molecular flexibility index (Phi) is 3.16. The first-order valence-corrected chi connectivity index (χ1v) is 5.01. The molecule has 0 atom stereocenters. The number of amides is 1. The molecule has 0 bridgehead atoms. The van der Waals surface area contributed by atoms with Crippen LogP contribution in [0.3, 0.4) is 0 Å². The highest BCUT2D eigenvalue weighted by Crippen LogP contribution is 2.11. The van der Waals surface area contributed by atoms with E-state index in [4.69, 9.17) is 11.6 Å². The molecule has 82 valence electrons. The maximum Gasteiger partial charge on any atom is 0.254 e. The van der Waals surface area contributed by atoms with Gasteiger partial charge in [-0.25, -0.2) is 9.97 Å². The molecular weight excluding hydrogens is 228 g/mol. The highest BCUT2D eigenvalue weighted by molar-refractivity contribution is 6.32. The molecular formula is C10H9ClN4O. The van der Waals surface area contributed by atoms with Gasteiger partial charge in [0.15, 0.2) is 0 Å². The minimum atomic E-state index is -0.257. The van der Waals surface area contributed by atoms with Crippen molar-refractivity contribution in [1.82, 2.24) is 20.3 Å². The summed E-state index contributed by atoms with van der Waals surface area (Å²) < 4.78 is 0. The van der Waals surface area contributed by atoms with Crippen molar-refractivity contribution in [3.63, 3.8) is 0 Å². The van der Waals surface area contributed by atoms with E-state index in [0.29, 0.717) is 12.1 Å². The first-order valence-electron chi connectivity index (χ1n) is 4.63. The second-order valence-electron chi connectivity index (χ2n) is 3.10. The Morgan fingerprint density at radius 3 is 3.12 bits per heavy atom. The lowest BCUT2D eigenvalue weighted by atomic mass is 10.2. The van der Waals surface area contributed by atoms with Gasteiger partial charge in [0.25, 0.3) is 5.91 Å². The number of H-pyrrole nitrogens is 1. The van der Waals surface area contributed by atoms with Crippen molar-refractivity contribution in [3.05, 3.63) is 47.3 Å². The van der Waals surface area contributed by atoms with Crippen LogP contribution in [0.5, 0.6) is 0 Å². The van der Waals surface area contributed by atoms with Crippen LogP contribution in [0.25, 0.3) is 0 Å². The number of hydrogen-bond donors (Lipinski definition) is 2. The van der Waals surface area contributed by atoms with Crippen molar-refractivity contribution in [2.24, 2.45) is 0 Å². The molecule has 0 fully saturated rings. The molecule has 0 aromatic carbocycles. The van der Waals surface area contributed by atoms with Gasteiger partial charge in [-0.2, -0.15) is 0 Å². The number of halogens is 1. The molecule has 0 aliphatic carbocycles. The van der Waals surface area contributed by atoms with Gasteiger partial charge in [0, 0.05) is 12.4 Å². The smallest absolute Gasteiger partial charge is 0.254 e. The SMILES string of the molecule is O=C(NCc1cnc[nH]1)c1cccnc1Cl. The molecule has 1 amide bonds. The highest BCUT2D eigenvalue weighted by atomic mass is 35.5. The fourth-order valence-corrected chi connectivity index (χ4v) is 1.41. The zero-order valence-electron chi connectivity index (χ0n) is 8.27. The molecule has 2 rings (SSSR count). The van der Waals surface area contributed by atoms with Crippen LogP contribution < -0.4 is 5.32 Å². The van der Waals surface area contributed by atoms with Crippen LogP contribution in [0.4, 0.5) is 0 Å². The lowest BCUT2D eigenvalue weighted by Crippen LogP contribution is -2.23. The van der Waals surface area contributed by atoms with Crippen LogP contribution in [-0.2, 0) is 6.54 Å². The van der Waals surface area contributed by atoms with E-state index in [1.54, 1.807) is 24.7 Å². The second-order valence-corrected chi connectivity index (χ2v) is 3.46. The predicted octanol–water partition coefficient (Wildman–Crippen LogP) is 1.39. The molecule has 0 saturated carbocycles. The quantitative estimate of drug-likeness (QED) is 0.791. The lowest BCUT2D eigenvalue weighted by Gasteiger charge is -2.04. The van der Waals surface area contributed by atoms with Gasteiger partial charge in [-0.05, 0) is 12.1 Å². The van der Waals surface area contributed by atoms with Gasteiger partial charge in [-0.15, -0.1) is 0 Å². The van der Waals surface area contributed by atoms with E-state index < -0.39 is 0 Å². The summed E-state index contributed by atoms with van der Waals surface area (Å²) in [4.78, 5) is 22.2. The zero-order valence-corrected chi connectivity index (χ0v) is 9.03. The highest BCUT2D eigenvalue weighted by Gasteiger charge is 2.09. The average molecular weight is 237 g/mol. The normalized spacial score (nSPS) is 10.1. The van der Waals surface area contributed by atoms with Crippen molar-refractivity contribution in [1.29, 1.82) is 0 Å². The van der Waals surface area contributed by atoms with Crippen molar-refractivity contribution >= 4 is 17.5 Å². The number of aromatic amines is 1. The Bertz CT molecular complexity index is 483. The topological polar surface area (TPSA) is 70.7 Å². The molecule has 2 N–H and O–H groups in total. The summed E-state index contributed by atoms with van der Waals surface area (Å²) in [6.45, 7) is 0.379. The summed E-state index contributed by atoms with van der Waals surface area (Å²) >= 11 is 5.79. The predicted molar refractivity (Wildman–Crippen MR) is 59.0 cm³/mol. The summed E-state index contributed by atoms with van der Waals surface area (Å²) in [5.74, 6) is -0.257. The van der Waals surface area contributed by atoms with Gasteiger partial charge in [0.05, 0.1) is 24.1 Å². The number of hydrogen-bond acceptors (Lipinski definition) is 3. The average Bonchev–Trinajstić information content (AvgIpc) is 2.79. The fraction of sp³-hybridized carbons (Fsp3) is 0.100. The van der Waals surface area contributed by atoms with Crippen molar-refractivity contribution < 1.29 is 4.79 Å². The Hall–Kier alpha value is -1.88. The molecule has 0 saturated heterocycles. The van der Waals surface area contributed by atoms with Crippen LogP contribution in [0.1, 0.15) is 16.1 Å². The summed E-state index contributed by atoms with van der Waals surface area (Å²) in [5.41, 5.74) is 1.19. The minimum absolute atomic E-state index is 0.199. The summed E-state index contributed by atoms with van der Waals surface area (Å²) in [7, 11) is 0. The van der Waals surface area contributed by atoms with E-state index in [1.807, 2.05) is 0 Å². The maximum atomic E-state index is 11.7. The van der Waals surface area contributed by atoms with Crippen LogP contribution in [-0.4, -0.2) is 20.9 Å². The fourth-order valence-electron chi connectivity index (χ4n) is 1.21. The van der Waals surface area contributed by atoms with Gasteiger partial charge >= 0.3 is 0 Å². The number of carbonyl (C=O) groups excluding carboxylic acids is 1. The molecule has 5 nitrogen and oxygen atoms in total. The van der Waals surface area contributed by atoms with E-state index in [0.717, 1.165) is 5.69 Å². The van der Waals surface area contributed by atoms with Gasteiger partial charge in [-0.3, -0.25) is 4.79 Å². The Balaban J connectivity index is 2.01. The van der Waals surface area contributed by atoms with Crippen LogP contribution in [0.15, 0.2) is 30.9 Å². The van der Waals surface area contributed by atoms with Crippen LogP contribution >= 0.6 is 11.6 Å². The summed E-state index contributed by atoms with van der Waals surface area (Å²) in [6, 6.07) is 3.29. The first kappa shape index (κ1) is 10.6. The number of carbonyl (C=O) groups is 1. The number of nitrogens with zero attached hydrogens (tertiary/aromatic N) is 2. The molecule has 0 aliphatic heterocycles. The van der Waals surface area contributed by atoms with Gasteiger partial charge < -0.3 is 10.3 Å². The molecule has 2 aromatic heterocycles. The Labute approximate surface area is 96.9 Å². The second kappa shape index (κ2) is 4.76. The molecule has 0 spiro atoms. The Morgan fingerprint density at radius 1 is 1.56 bits per heavy atom. The van der Waals surface area contributed by atoms with Crippen LogP contribution in [0, 0.1) is 0 Å². The maximum absolute atomic E-state index is 11.7. The molecule has 2 aromatic rings. The van der Waals surface area contributed by atoms with Crippen molar-refractivity contribution in [2.75, 3.05) is 0 Å². The number of rotatable bonds is 3. The Morgan fingerprint density at radius 2 is 2.44 bits per heavy atom. The van der Waals surface area contributed by atoms with Gasteiger partial charge in [-0.1, -0.05) is 11.6 Å². The molecule has 6 heteroatoms. The van der Waals surface area contributed by atoms with E-state index in [9.17, 15) is 4.79 Å². The third kappa shape index (κ3) is 2.38. The monoisotopic (exact) mass is 236 g/mol. The minimum Gasteiger partial charge on any atom is -0.347 e. The molecule has 16 heavy (non-hydrogen) atoms.